The summed E-state index contributed by atoms with van der Waals surface area (Å²) in [4.78, 5) is 2.56. The average Bonchev–Trinajstić information content (AvgIpc) is 2.43. The second-order valence-corrected chi connectivity index (χ2v) is 6.99. The second kappa shape index (κ2) is 7.46. The van der Waals surface area contributed by atoms with Gasteiger partial charge in [-0.25, -0.2) is 0 Å². The summed E-state index contributed by atoms with van der Waals surface area (Å²) in [5, 5.41) is 3.46. The smallest absolute Gasteiger partial charge is 0.0380 e. The van der Waals surface area contributed by atoms with Crippen LogP contribution in [0.25, 0.3) is 0 Å². The van der Waals surface area contributed by atoms with Crippen molar-refractivity contribution in [2.24, 2.45) is 5.92 Å². The second-order valence-electron chi connectivity index (χ2n) is 6.14. The molecule has 1 aliphatic rings. The normalized spacial score (nSPS) is 23.1. The van der Waals surface area contributed by atoms with E-state index in [0.29, 0.717) is 6.04 Å². The number of rotatable bonds is 5. The highest BCUT2D eigenvalue weighted by molar-refractivity contribution is 9.10. The molecule has 20 heavy (non-hydrogen) atoms. The fourth-order valence-corrected chi connectivity index (χ4v) is 3.41. The van der Waals surface area contributed by atoms with Gasteiger partial charge in [-0.3, -0.25) is 0 Å². The first kappa shape index (κ1) is 15.8. The standard InChI is InChI=1S/C17H27BrN2/c1-4-9-19-11-15-7-8-16(10-17(15)18)20-12-13(2)5-6-14(20)3/h7-8,10,13-14,19H,4-6,9,11-12H2,1-3H3. The van der Waals surface area contributed by atoms with Crippen molar-refractivity contribution in [3.05, 3.63) is 28.2 Å². The summed E-state index contributed by atoms with van der Waals surface area (Å²) in [6.45, 7) is 10.1. The maximum absolute atomic E-state index is 3.73. The van der Waals surface area contributed by atoms with Crippen LogP contribution in [-0.2, 0) is 6.54 Å². The fourth-order valence-electron chi connectivity index (χ4n) is 2.91. The molecule has 2 nitrogen and oxygen atoms in total. The zero-order valence-corrected chi connectivity index (χ0v) is 14.5. The third-order valence-electron chi connectivity index (χ3n) is 4.23. The van der Waals surface area contributed by atoms with E-state index in [1.807, 2.05) is 0 Å². The van der Waals surface area contributed by atoms with Crippen LogP contribution in [0.3, 0.4) is 0 Å². The van der Waals surface area contributed by atoms with E-state index in [-0.39, 0.29) is 0 Å². The molecule has 1 aromatic rings. The lowest BCUT2D eigenvalue weighted by Crippen LogP contribution is -2.41. The van der Waals surface area contributed by atoms with Gasteiger partial charge in [0.2, 0.25) is 0 Å². The zero-order valence-electron chi connectivity index (χ0n) is 13.0. The maximum atomic E-state index is 3.73. The van der Waals surface area contributed by atoms with E-state index in [1.54, 1.807) is 0 Å². The number of nitrogens with zero attached hydrogens (tertiary/aromatic N) is 1. The Hall–Kier alpha value is -0.540. The van der Waals surface area contributed by atoms with E-state index in [1.165, 1.54) is 41.5 Å². The lowest BCUT2D eigenvalue weighted by Gasteiger charge is -2.38. The van der Waals surface area contributed by atoms with Gasteiger partial charge in [-0.15, -0.1) is 0 Å². The summed E-state index contributed by atoms with van der Waals surface area (Å²) < 4.78 is 1.23. The van der Waals surface area contributed by atoms with Gasteiger partial charge >= 0.3 is 0 Å². The molecule has 0 radical (unpaired) electrons. The molecule has 2 rings (SSSR count). The van der Waals surface area contributed by atoms with Crippen molar-refractivity contribution in [3.63, 3.8) is 0 Å². The van der Waals surface area contributed by atoms with Gasteiger partial charge in [0.25, 0.3) is 0 Å². The number of halogens is 1. The molecule has 0 aromatic heterocycles. The summed E-state index contributed by atoms with van der Waals surface area (Å²) >= 11 is 3.73. The fraction of sp³-hybridized carbons (Fsp3) is 0.647. The Kier molecular flexibility index (Phi) is 5.91. The van der Waals surface area contributed by atoms with Crippen molar-refractivity contribution in [1.82, 2.24) is 5.32 Å². The predicted octanol–water partition coefficient (Wildman–Crippen LogP) is 4.57. The third kappa shape index (κ3) is 3.98. The Bertz CT molecular complexity index is 433. The highest BCUT2D eigenvalue weighted by Gasteiger charge is 2.23. The monoisotopic (exact) mass is 338 g/mol. The molecular formula is C17H27BrN2. The van der Waals surface area contributed by atoms with E-state index in [0.717, 1.165) is 19.0 Å². The maximum Gasteiger partial charge on any atom is 0.0380 e. The highest BCUT2D eigenvalue weighted by Crippen LogP contribution is 2.30. The van der Waals surface area contributed by atoms with Crippen molar-refractivity contribution in [2.75, 3.05) is 18.0 Å². The van der Waals surface area contributed by atoms with E-state index in [2.05, 4.69) is 65.1 Å². The molecule has 2 unspecified atom stereocenters. The lowest BCUT2D eigenvalue weighted by molar-refractivity contribution is 0.390. The van der Waals surface area contributed by atoms with Crippen molar-refractivity contribution in [1.29, 1.82) is 0 Å². The van der Waals surface area contributed by atoms with Crippen molar-refractivity contribution in [3.8, 4) is 0 Å². The van der Waals surface area contributed by atoms with Gasteiger partial charge in [0.15, 0.2) is 0 Å². The van der Waals surface area contributed by atoms with E-state index < -0.39 is 0 Å². The Morgan fingerprint density at radius 3 is 2.80 bits per heavy atom. The van der Waals surface area contributed by atoms with Crippen LogP contribution in [0.1, 0.15) is 45.6 Å². The van der Waals surface area contributed by atoms with E-state index in [9.17, 15) is 0 Å². The summed E-state index contributed by atoms with van der Waals surface area (Å²) in [5.74, 6) is 0.802. The summed E-state index contributed by atoms with van der Waals surface area (Å²) in [6, 6.07) is 7.48. The molecule has 1 N–H and O–H groups in total. The van der Waals surface area contributed by atoms with Crippen LogP contribution in [0.2, 0.25) is 0 Å². The molecule has 1 heterocycles. The van der Waals surface area contributed by atoms with Crippen LogP contribution < -0.4 is 10.2 Å². The van der Waals surface area contributed by atoms with Crippen LogP contribution in [0.4, 0.5) is 5.69 Å². The molecule has 1 aliphatic heterocycles. The van der Waals surface area contributed by atoms with Gasteiger partial charge < -0.3 is 10.2 Å². The van der Waals surface area contributed by atoms with E-state index in [4.69, 9.17) is 0 Å². The van der Waals surface area contributed by atoms with Gasteiger partial charge in [-0.2, -0.15) is 0 Å². The Balaban J connectivity index is 2.07. The molecule has 0 aliphatic carbocycles. The lowest BCUT2D eigenvalue weighted by atomic mass is 9.94. The molecule has 1 aromatic carbocycles. The number of anilines is 1. The number of nitrogens with one attached hydrogen (secondary N) is 1. The van der Waals surface area contributed by atoms with Crippen molar-refractivity contribution in [2.45, 2.75) is 52.6 Å². The SMILES string of the molecule is CCCNCc1ccc(N2CC(C)CCC2C)cc1Br. The minimum Gasteiger partial charge on any atom is -0.369 e. The summed E-state index contributed by atoms with van der Waals surface area (Å²) in [7, 11) is 0. The van der Waals surface area contributed by atoms with Crippen LogP contribution in [-0.4, -0.2) is 19.1 Å². The number of hydrogen-bond acceptors (Lipinski definition) is 2. The summed E-state index contributed by atoms with van der Waals surface area (Å²) in [6.07, 6.45) is 3.84. The largest absolute Gasteiger partial charge is 0.369 e. The number of benzene rings is 1. The van der Waals surface area contributed by atoms with E-state index >= 15 is 0 Å². The predicted molar refractivity (Wildman–Crippen MR) is 91.3 cm³/mol. The first-order valence-corrected chi connectivity index (χ1v) is 8.67. The average molecular weight is 339 g/mol. The van der Waals surface area contributed by atoms with Crippen molar-refractivity contribution < 1.29 is 0 Å². The third-order valence-corrected chi connectivity index (χ3v) is 4.97. The number of piperidine rings is 1. The first-order chi connectivity index (χ1) is 9.61. The van der Waals surface area contributed by atoms with Gasteiger partial charge in [-0.05, 0) is 56.3 Å². The molecule has 1 saturated heterocycles. The molecule has 0 bridgehead atoms. The molecule has 0 spiro atoms. The highest BCUT2D eigenvalue weighted by atomic mass is 79.9. The number of hydrogen-bond donors (Lipinski definition) is 1. The minimum atomic E-state index is 0.655. The van der Waals surface area contributed by atoms with Crippen LogP contribution in [0, 0.1) is 5.92 Å². The van der Waals surface area contributed by atoms with Crippen molar-refractivity contribution >= 4 is 21.6 Å². The first-order valence-electron chi connectivity index (χ1n) is 7.87. The quantitative estimate of drug-likeness (QED) is 0.791. The summed E-state index contributed by atoms with van der Waals surface area (Å²) in [5.41, 5.74) is 2.70. The van der Waals surface area contributed by atoms with Crippen LogP contribution in [0.15, 0.2) is 22.7 Å². The van der Waals surface area contributed by atoms with Gasteiger partial charge in [0, 0.05) is 29.3 Å². The van der Waals surface area contributed by atoms with Gasteiger partial charge in [0.1, 0.15) is 0 Å². The topological polar surface area (TPSA) is 15.3 Å². The molecule has 112 valence electrons. The Morgan fingerprint density at radius 1 is 1.30 bits per heavy atom. The molecule has 0 saturated carbocycles. The minimum absolute atomic E-state index is 0.655. The molecule has 0 amide bonds. The van der Waals surface area contributed by atoms with Gasteiger partial charge in [-0.1, -0.05) is 35.8 Å². The van der Waals surface area contributed by atoms with Crippen LogP contribution in [0.5, 0.6) is 0 Å². The molecule has 2 atom stereocenters. The molecule has 1 fully saturated rings. The zero-order chi connectivity index (χ0) is 14.5. The van der Waals surface area contributed by atoms with Gasteiger partial charge in [0.05, 0.1) is 0 Å². The Morgan fingerprint density at radius 2 is 2.10 bits per heavy atom. The van der Waals surface area contributed by atoms with Crippen LogP contribution >= 0.6 is 15.9 Å². The molecular weight excluding hydrogens is 312 g/mol. The Labute approximate surface area is 132 Å². The molecule has 3 heteroatoms.